The van der Waals surface area contributed by atoms with Gasteiger partial charge in [0, 0.05) is 24.2 Å². The van der Waals surface area contributed by atoms with E-state index in [4.69, 9.17) is 9.47 Å². The van der Waals surface area contributed by atoms with Crippen LogP contribution in [0, 0.1) is 11.8 Å². The van der Waals surface area contributed by atoms with Gasteiger partial charge < -0.3 is 14.6 Å². The molecule has 4 unspecified atom stereocenters. The zero-order chi connectivity index (χ0) is 20.4. The molecule has 1 aromatic heterocycles. The van der Waals surface area contributed by atoms with Crippen LogP contribution in [0.3, 0.4) is 0 Å². The molecule has 1 aliphatic carbocycles. The largest absolute Gasteiger partial charge is 0.463 e. The average Bonchev–Trinajstić information content (AvgIpc) is 2.52. The van der Waals surface area contributed by atoms with Gasteiger partial charge in [-0.1, -0.05) is 6.07 Å². The highest BCUT2D eigenvalue weighted by Gasteiger charge is 2.57. The minimum absolute atomic E-state index is 0.341. The first-order valence-electron chi connectivity index (χ1n) is 9.11. The number of carbonyl (C=O) groups excluding carboxylic acids is 3. The summed E-state index contributed by atoms with van der Waals surface area (Å²) in [5.74, 6) is -5.19. The SMILES string of the molecule is CC(C)OC(=O)C1C(=O)CC(C)(O)C(C(=O)OC(C)C)C1c1ccccn1. The van der Waals surface area contributed by atoms with Crippen LogP contribution in [-0.2, 0) is 23.9 Å². The standard InChI is InChI=1S/C20H27NO6/c1-11(2)26-18(23)16-14(22)10-20(5,25)17(19(24)27-12(3)4)15(16)13-8-6-7-9-21-13/h6-9,11-12,15-17,25H,10H2,1-5H3. The van der Waals surface area contributed by atoms with Crippen molar-refractivity contribution >= 4 is 17.7 Å². The molecule has 1 saturated carbocycles. The van der Waals surface area contributed by atoms with E-state index in [1.807, 2.05) is 0 Å². The number of carbonyl (C=O) groups is 3. The first-order chi connectivity index (χ1) is 12.5. The number of aromatic nitrogens is 1. The molecule has 7 nitrogen and oxygen atoms in total. The first-order valence-corrected chi connectivity index (χ1v) is 9.11. The highest BCUT2D eigenvalue weighted by atomic mass is 16.5. The fourth-order valence-corrected chi connectivity index (χ4v) is 3.56. The summed E-state index contributed by atoms with van der Waals surface area (Å²) in [6, 6.07) is 5.02. The number of Topliss-reactive ketones (excluding diaryl/α,β-unsaturated/α-hetero) is 1. The van der Waals surface area contributed by atoms with E-state index in [0.29, 0.717) is 5.69 Å². The van der Waals surface area contributed by atoms with Gasteiger partial charge in [0.2, 0.25) is 0 Å². The first kappa shape index (κ1) is 21.0. The van der Waals surface area contributed by atoms with Gasteiger partial charge >= 0.3 is 11.9 Å². The molecular formula is C20H27NO6. The van der Waals surface area contributed by atoms with Crippen LogP contribution < -0.4 is 0 Å². The van der Waals surface area contributed by atoms with E-state index in [2.05, 4.69) is 4.98 Å². The predicted molar refractivity (Wildman–Crippen MR) is 96.7 cm³/mol. The number of esters is 2. The molecule has 0 aliphatic heterocycles. The lowest BCUT2D eigenvalue weighted by Gasteiger charge is -2.43. The predicted octanol–water partition coefficient (Wildman–Crippen LogP) is 2.02. The molecule has 0 bridgehead atoms. The summed E-state index contributed by atoms with van der Waals surface area (Å²) in [5, 5.41) is 10.9. The Kier molecular flexibility index (Phi) is 6.36. The monoisotopic (exact) mass is 377 g/mol. The smallest absolute Gasteiger partial charge is 0.317 e. The molecule has 2 rings (SSSR count). The summed E-state index contributed by atoms with van der Waals surface area (Å²) >= 11 is 0. The average molecular weight is 377 g/mol. The number of ketones is 1. The van der Waals surface area contributed by atoms with Crippen LogP contribution in [-0.4, -0.2) is 45.6 Å². The van der Waals surface area contributed by atoms with Gasteiger partial charge in [-0.3, -0.25) is 19.4 Å². The van der Waals surface area contributed by atoms with E-state index in [9.17, 15) is 19.5 Å². The summed E-state index contributed by atoms with van der Waals surface area (Å²) in [6.07, 6.45) is 0.347. The lowest BCUT2D eigenvalue weighted by Crippen LogP contribution is -2.55. The summed E-state index contributed by atoms with van der Waals surface area (Å²) < 4.78 is 10.6. The topological polar surface area (TPSA) is 103 Å². The second kappa shape index (κ2) is 8.17. The van der Waals surface area contributed by atoms with Crippen LogP contribution >= 0.6 is 0 Å². The van der Waals surface area contributed by atoms with Gasteiger partial charge in [-0.05, 0) is 46.8 Å². The van der Waals surface area contributed by atoms with Crippen molar-refractivity contribution < 1.29 is 29.0 Å². The number of rotatable bonds is 5. The molecular weight excluding hydrogens is 350 g/mol. The summed E-state index contributed by atoms with van der Waals surface area (Å²) in [4.78, 5) is 42.5. The van der Waals surface area contributed by atoms with E-state index >= 15 is 0 Å². The summed E-state index contributed by atoms with van der Waals surface area (Å²) in [5.41, 5.74) is -1.30. The Morgan fingerprint density at radius 2 is 1.74 bits per heavy atom. The van der Waals surface area contributed by atoms with Crippen molar-refractivity contribution in [3.63, 3.8) is 0 Å². The van der Waals surface area contributed by atoms with Crippen LogP contribution in [0.25, 0.3) is 0 Å². The quantitative estimate of drug-likeness (QED) is 0.618. The third kappa shape index (κ3) is 4.71. The Bertz CT molecular complexity index is 690. The van der Waals surface area contributed by atoms with E-state index in [1.54, 1.807) is 45.9 Å². The number of hydrogen-bond acceptors (Lipinski definition) is 7. The van der Waals surface area contributed by atoms with E-state index in [1.165, 1.54) is 13.1 Å². The highest BCUT2D eigenvalue weighted by Crippen LogP contribution is 2.46. The number of ether oxygens (including phenoxy) is 2. The normalized spacial score (nSPS) is 28.3. The molecule has 1 fully saturated rings. The van der Waals surface area contributed by atoms with Gasteiger partial charge in [-0.15, -0.1) is 0 Å². The van der Waals surface area contributed by atoms with Crippen molar-refractivity contribution in [3.8, 4) is 0 Å². The molecule has 148 valence electrons. The minimum Gasteiger partial charge on any atom is -0.463 e. The molecule has 4 atom stereocenters. The molecule has 0 aromatic carbocycles. The Labute approximate surface area is 159 Å². The van der Waals surface area contributed by atoms with Crippen LogP contribution in [0.5, 0.6) is 0 Å². The van der Waals surface area contributed by atoms with Gasteiger partial charge in [-0.2, -0.15) is 0 Å². The van der Waals surface area contributed by atoms with Crippen molar-refractivity contribution in [2.24, 2.45) is 11.8 Å². The summed E-state index contributed by atoms with van der Waals surface area (Å²) in [7, 11) is 0. The van der Waals surface area contributed by atoms with Crippen molar-refractivity contribution in [2.45, 2.75) is 64.8 Å². The van der Waals surface area contributed by atoms with Crippen molar-refractivity contribution in [1.82, 2.24) is 4.98 Å². The maximum atomic E-state index is 12.8. The van der Waals surface area contributed by atoms with Gasteiger partial charge in [0.25, 0.3) is 0 Å². The Hall–Kier alpha value is -2.28. The molecule has 0 saturated heterocycles. The van der Waals surface area contributed by atoms with E-state index < -0.39 is 53.3 Å². The Morgan fingerprint density at radius 3 is 2.26 bits per heavy atom. The van der Waals surface area contributed by atoms with Gasteiger partial charge in [0.1, 0.15) is 5.92 Å². The molecule has 1 N–H and O–H groups in total. The van der Waals surface area contributed by atoms with Gasteiger partial charge in [0.05, 0.1) is 23.7 Å². The van der Waals surface area contributed by atoms with Crippen LogP contribution in [0.15, 0.2) is 24.4 Å². The maximum Gasteiger partial charge on any atom is 0.317 e. The second-order valence-electron chi connectivity index (χ2n) is 7.71. The summed E-state index contributed by atoms with van der Waals surface area (Å²) in [6.45, 7) is 8.17. The van der Waals surface area contributed by atoms with Crippen molar-refractivity contribution in [3.05, 3.63) is 30.1 Å². The van der Waals surface area contributed by atoms with Crippen molar-refractivity contribution in [1.29, 1.82) is 0 Å². The second-order valence-corrected chi connectivity index (χ2v) is 7.71. The highest BCUT2D eigenvalue weighted by molar-refractivity contribution is 6.02. The molecule has 0 radical (unpaired) electrons. The lowest BCUT2D eigenvalue weighted by atomic mass is 9.62. The fraction of sp³-hybridized carbons (Fsp3) is 0.600. The van der Waals surface area contributed by atoms with E-state index in [-0.39, 0.29) is 6.42 Å². The zero-order valence-corrected chi connectivity index (χ0v) is 16.3. The molecule has 0 amide bonds. The third-order valence-electron chi connectivity index (χ3n) is 4.51. The van der Waals surface area contributed by atoms with Gasteiger partial charge in [-0.25, -0.2) is 0 Å². The number of nitrogens with zero attached hydrogens (tertiary/aromatic N) is 1. The van der Waals surface area contributed by atoms with Gasteiger partial charge in [0.15, 0.2) is 5.78 Å². The number of hydrogen-bond donors (Lipinski definition) is 1. The van der Waals surface area contributed by atoms with Crippen LogP contribution in [0.2, 0.25) is 0 Å². The third-order valence-corrected chi connectivity index (χ3v) is 4.51. The minimum atomic E-state index is -1.67. The van der Waals surface area contributed by atoms with E-state index in [0.717, 1.165) is 0 Å². The fourth-order valence-electron chi connectivity index (χ4n) is 3.56. The number of aliphatic hydroxyl groups is 1. The molecule has 1 aromatic rings. The number of pyridine rings is 1. The Morgan fingerprint density at radius 1 is 1.15 bits per heavy atom. The lowest BCUT2D eigenvalue weighted by molar-refractivity contribution is -0.176. The zero-order valence-electron chi connectivity index (χ0n) is 16.3. The molecule has 0 spiro atoms. The van der Waals surface area contributed by atoms with Crippen LogP contribution in [0.4, 0.5) is 0 Å². The molecule has 7 heteroatoms. The van der Waals surface area contributed by atoms with Crippen LogP contribution in [0.1, 0.15) is 52.7 Å². The molecule has 27 heavy (non-hydrogen) atoms. The Balaban J connectivity index is 2.57. The maximum absolute atomic E-state index is 12.8. The molecule has 1 heterocycles. The molecule has 1 aliphatic rings. The van der Waals surface area contributed by atoms with Crippen molar-refractivity contribution in [2.75, 3.05) is 0 Å².